The lowest BCUT2D eigenvalue weighted by molar-refractivity contribution is 0.0951. The Balaban J connectivity index is 1.65. The van der Waals surface area contributed by atoms with Gasteiger partial charge in [0.05, 0.1) is 0 Å². The summed E-state index contributed by atoms with van der Waals surface area (Å²) in [5.41, 5.74) is 2.50. The van der Waals surface area contributed by atoms with Gasteiger partial charge in [0.15, 0.2) is 0 Å². The lowest BCUT2D eigenvalue weighted by Crippen LogP contribution is -2.23. The van der Waals surface area contributed by atoms with Crippen molar-refractivity contribution in [1.82, 2.24) is 5.32 Å². The Kier molecular flexibility index (Phi) is 5.66. The number of carbonyl (C=O) groups excluding carboxylic acids is 2. The van der Waals surface area contributed by atoms with Crippen LogP contribution in [0.2, 0.25) is 5.02 Å². The van der Waals surface area contributed by atoms with E-state index in [-0.39, 0.29) is 11.8 Å². The monoisotopic (exact) mass is 364 g/mol. The third-order valence-electron chi connectivity index (χ3n) is 3.78. The fourth-order valence-electron chi connectivity index (χ4n) is 2.41. The van der Waals surface area contributed by atoms with Crippen LogP contribution in [0.3, 0.4) is 0 Å². The molecule has 3 aromatic carbocycles. The van der Waals surface area contributed by atoms with Crippen LogP contribution in [0.4, 0.5) is 5.69 Å². The maximum Gasteiger partial charge on any atom is 0.255 e. The van der Waals surface area contributed by atoms with Crippen molar-refractivity contribution in [2.45, 2.75) is 6.54 Å². The smallest absolute Gasteiger partial charge is 0.255 e. The van der Waals surface area contributed by atoms with Crippen LogP contribution in [0.25, 0.3) is 0 Å². The number of para-hydroxylation sites is 1. The molecule has 26 heavy (non-hydrogen) atoms. The molecule has 3 aromatic rings. The van der Waals surface area contributed by atoms with Crippen LogP contribution in [-0.4, -0.2) is 11.8 Å². The van der Waals surface area contributed by atoms with Crippen LogP contribution < -0.4 is 10.6 Å². The SMILES string of the molecule is O=C(NCc1ccc(Cl)cc1)c1cccc(C(=O)Nc2ccccc2)c1. The van der Waals surface area contributed by atoms with Crippen LogP contribution in [0.1, 0.15) is 26.3 Å². The van der Waals surface area contributed by atoms with Gasteiger partial charge in [0, 0.05) is 28.4 Å². The third kappa shape index (κ3) is 4.71. The van der Waals surface area contributed by atoms with Gasteiger partial charge in [-0.3, -0.25) is 9.59 Å². The van der Waals surface area contributed by atoms with Crippen molar-refractivity contribution in [3.05, 3.63) is 101 Å². The van der Waals surface area contributed by atoms with Crippen molar-refractivity contribution in [2.75, 3.05) is 5.32 Å². The van der Waals surface area contributed by atoms with Gasteiger partial charge in [-0.05, 0) is 48.0 Å². The average Bonchev–Trinajstić information content (AvgIpc) is 2.68. The zero-order valence-electron chi connectivity index (χ0n) is 13.9. The van der Waals surface area contributed by atoms with E-state index in [1.807, 2.05) is 30.3 Å². The summed E-state index contributed by atoms with van der Waals surface area (Å²) in [6.07, 6.45) is 0. The standard InChI is InChI=1S/C21H17ClN2O2/c22-18-11-9-15(10-12-18)14-23-20(25)16-5-4-6-17(13-16)21(26)24-19-7-2-1-3-8-19/h1-13H,14H2,(H,23,25)(H,24,26). The molecule has 0 bridgehead atoms. The molecular formula is C21H17ClN2O2. The van der Waals surface area contributed by atoms with E-state index in [2.05, 4.69) is 10.6 Å². The van der Waals surface area contributed by atoms with Gasteiger partial charge in [-0.1, -0.05) is 48.0 Å². The van der Waals surface area contributed by atoms with Gasteiger partial charge in [-0.2, -0.15) is 0 Å². The van der Waals surface area contributed by atoms with Crippen LogP contribution in [0, 0.1) is 0 Å². The lowest BCUT2D eigenvalue weighted by Gasteiger charge is -2.08. The van der Waals surface area contributed by atoms with E-state index in [0.29, 0.717) is 28.4 Å². The highest BCUT2D eigenvalue weighted by atomic mass is 35.5. The molecule has 0 spiro atoms. The number of hydrogen-bond acceptors (Lipinski definition) is 2. The number of rotatable bonds is 5. The van der Waals surface area contributed by atoms with Crippen molar-refractivity contribution >= 4 is 29.1 Å². The number of carbonyl (C=O) groups is 2. The lowest BCUT2D eigenvalue weighted by atomic mass is 10.1. The Morgan fingerprint density at radius 2 is 1.42 bits per heavy atom. The molecule has 0 saturated heterocycles. The minimum atomic E-state index is -0.261. The number of benzene rings is 3. The molecule has 0 heterocycles. The molecule has 0 aromatic heterocycles. The van der Waals surface area contributed by atoms with Gasteiger partial charge in [-0.15, -0.1) is 0 Å². The Morgan fingerprint density at radius 3 is 2.12 bits per heavy atom. The van der Waals surface area contributed by atoms with E-state index in [1.54, 1.807) is 48.5 Å². The van der Waals surface area contributed by atoms with Crippen LogP contribution in [0.15, 0.2) is 78.9 Å². The summed E-state index contributed by atoms with van der Waals surface area (Å²) < 4.78 is 0. The van der Waals surface area contributed by atoms with Gasteiger partial charge in [-0.25, -0.2) is 0 Å². The highest BCUT2D eigenvalue weighted by molar-refractivity contribution is 6.30. The normalized spacial score (nSPS) is 10.2. The fraction of sp³-hybridized carbons (Fsp3) is 0.0476. The van der Waals surface area contributed by atoms with Crippen molar-refractivity contribution in [1.29, 1.82) is 0 Å². The molecule has 0 unspecified atom stereocenters. The summed E-state index contributed by atoms with van der Waals surface area (Å²) in [7, 11) is 0. The molecule has 5 heteroatoms. The average molecular weight is 365 g/mol. The number of anilines is 1. The van der Waals surface area contributed by atoms with Crippen molar-refractivity contribution in [3.8, 4) is 0 Å². The first-order chi connectivity index (χ1) is 12.6. The third-order valence-corrected chi connectivity index (χ3v) is 4.04. The quantitative estimate of drug-likeness (QED) is 0.699. The fourth-order valence-corrected chi connectivity index (χ4v) is 2.54. The van der Waals surface area contributed by atoms with E-state index in [4.69, 9.17) is 11.6 Å². The molecular weight excluding hydrogens is 348 g/mol. The Hall–Kier alpha value is -3.11. The molecule has 0 radical (unpaired) electrons. The molecule has 130 valence electrons. The van der Waals surface area contributed by atoms with E-state index in [9.17, 15) is 9.59 Å². The Morgan fingerprint density at radius 1 is 0.769 bits per heavy atom. The topological polar surface area (TPSA) is 58.2 Å². The minimum absolute atomic E-state index is 0.241. The minimum Gasteiger partial charge on any atom is -0.348 e. The molecule has 0 saturated carbocycles. The molecule has 4 nitrogen and oxygen atoms in total. The van der Waals surface area contributed by atoms with E-state index in [1.165, 1.54) is 0 Å². The van der Waals surface area contributed by atoms with Crippen LogP contribution in [-0.2, 0) is 6.54 Å². The summed E-state index contributed by atoms with van der Waals surface area (Å²) in [6, 6.07) is 23.1. The zero-order chi connectivity index (χ0) is 18.4. The summed E-state index contributed by atoms with van der Waals surface area (Å²) in [4.78, 5) is 24.7. The first-order valence-corrected chi connectivity index (χ1v) is 8.49. The first kappa shape index (κ1) is 17.7. The predicted molar refractivity (Wildman–Crippen MR) is 103 cm³/mol. The van der Waals surface area contributed by atoms with E-state index in [0.717, 1.165) is 5.56 Å². The molecule has 0 aliphatic carbocycles. The molecule has 2 amide bonds. The van der Waals surface area contributed by atoms with E-state index < -0.39 is 0 Å². The molecule has 0 fully saturated rings. The number of hydrogen-bond donors (Lipinski definition) is 2. The Labute approximate surface area is 156 Å². The maximum atomic E-state index is 12.3. The zero-order valence-corrected chi connectivity index (χ0v) is 14.7. The highest BCUT2D eigenvalue weighted by Crippen LogP contribution is 2.12. The van der Waals surface area contributed by atoms with Gasteiger partial charge in [0.2, 0.25) is 0 Å². The summed E-state index contributed by atoms with van der Waals surface area (Å²) >= 11 is 5.85. The van der Waals surface area contributed by atoms with Gasteiger partial charge in [0.1, 0.15) is 0 Å². The van der Waals surface area contributed by atoms with Crippen LogP contribution >= 0.6 is 11.6 Å². The first-order valence-electron chi connectivity index (χ1n) is 8.11. The van der Waals surface area contributed by atoms with Crippen LogP contribution in [0.5, 0.6) is 0 Å². The summed E-state index contributed by atoms with van der Waals surface area (Å²) in [6.45, 7) is 0.385. The summed E-state index contributed by atoms with van der Waals surface area (Å²) in [5.74, 6) is -0.502. The molecule has 0 atom stereocenters. The van der Waals surface area contributed by atoms with Gasteiger partial charge >= 0.3 is 0 Å². The Bertz CT molecular complexity index is 909. The van der Waals surface area contributed by atoms with Crippen molar-refractivity contribution < 1.29 is 9.59 Å². The number of nitrogens with one attached hydrogen (secondary N) is 2. The highest BCUT2D eigenvalue weighted by Gasteiger charge is 2.10. The van der Waals surface area contributed by atoms with Gasteiger partial charge < -0.3 is 10.6 Å². The second-order valence-electron chi connectivity index (χ2n) is 5.71. The van der Waals surface area contributed by atoms with Crippen molar-refractivity contribution in [2.24, 2.45) is 0 Å². The molecule has 2 N–H and O–H groups in total. The molecule has 3 rings (SSSR count). The second kappa shape index (κ2) is 8.32. The number of amides is 2. The maximum absolute atomic E-state index is 12.3. The van der Waals surface area contributed by atoms with E-state index >= 15 is 0 Å². The predicted octanol–water partition coefficient (Wildman–Crippen LogP) is 4.52. The summed E-state index contributed by atoms with van der Waals surface area (Å²) in [5, 5.41) is 6.29. The van der Waals surface area contributed by atoms with Crippen molar-refractivity contribution in [3.63, 3.8) is 0 Å². The number of halogens is 1. The molecule has 0 aliphatic rings. The van der Waals surface area contributed by atoms with Gasteiger partial charge in [0.25, 0.3) is 11.8 Å². The largest absolute Gasteiger partial charge is 0.348 e. The molecule has 0 aliphatic heterocycles. The second-order valence-corrected chi connectivity index (χ2v) is 6.15.